The lowest BCUT2D eigenvalue weighted by Gasteiger charge is -2.12. The minimum Gasteiger partial charge on any atom is -0.314 e. The standard InChI is InChI=1S/C14H24N2S/c1-3-10-15-13(2)8-5-7-12-17-14-9-4-6-11-16-14/h4,6,9,11,13,15H,3,5,7-8,10,12H2,1-2H3. The van der Waals surface area contributed by atoms with Crippen LogP contribution in [0.3, 0.4) is 0 Å². The highest BCUT2D eigenvalue weighted by atomic mass is 32.2. The Kier molecular flexibility index (Phi) is 8.10. The van der Waals surface area contributed by atoms with Gasteiger partial charge in [0.2, 0.25) is 0 Å². The summed E-state index contributed by atoms with van der Waals surface area (Å²) in [4.78, 5) is 4.30. The van der Waals surface area contributed by atoms with Gasteiger partial charge in [0.1, 0.15) is 0 Å². The van der Waals surface area contributed by atoms with Gasteiger partial charge in [0.25, 0.3) is 0 Å². The van der Waals surface area contributed by atoms with Crippen LogP contribution < -0.4 is 5.32 Å². The minimum atomic E-state index is 0.662. The van der Waals surface area contributed by atoms with Gasteiger partial charge in [0.05, 0.1) is 5.03 Å². The zero-order valence-electron chi connectivity index (χ0n) is 11.0. The molecule has 0 bridgehead atoms. The van der Waals surface area contributed by atoms with Crippen molar-refractivity contribution in [3.8, 4) is 0 Å². The molecular formula is C14H24N2S. The number of pyridine rings is 1. The number of unbranched alkanes of at least 4 members (excludes halogenated alkanes) is 1. The summed E-state index contributed by atoms with van der Waals surface area (Å²) in [5.74, 6) is 1.18. The summed E-state index contributed by atoms with van der Waals surface area (Å²) in [6.07, 6.45) is 6.94. The second-order valence-corrected chi connectivity index (χ2v) is 5.48. The molecule has 0 aliphatic carbocycles. The molecule has 0 aliphatic heterocycles. The Labute approximate surface area is 110 Å². The van der Waals surface area contributed by atoms with Gasteiger partial charge in [-0.15, -0.1) is 11.8 Å². The Hall–Kier alpha value is -0.540. The lowest BCUT2D eigenvalue weighted by molar-refractivity contribution is 0.496. The van der Waals surface area contributed by atoms with Crippen molar-refractivity contribution in [2.45, 2.75) is 50.6 Å². The lowest BCUT2D eigenvalue weighted by Crippen LogP contribution is -2.26. The first-order chi connectivity index (χ1) is 8.33. The maximum absolute atomic E-state index is 4.30. The van der Waals surface area contributed by atoms with Gasteiger partial charge in [-0.2, -0.15) is 0 Å². The van der Waals surface area contributed by atoms with Gasteiger partial charge in [0.15, 0.2) is 0 Å². The van der Waals surface area contributed by atoms with Gasteiger partial charge in [0, 0.05) is 12.2 Å². The van der Waals surface area contributed by atoms with Crippen LogP contribution in [0.1, 0.15) is 39.5 Å². The molecule has 0 radical (unpaired) electrons. The first-order valence-corrected chi connectivity index (χ1v) is 7.58. The summed E-state index contributed by atoms with van der Waals surface area (Å²) in [7, 11) is 0. The van der Waals surface area contributed by atoms with Gasteiger partial charge >= 0.3 is 0 Å². The van der Waals surface area contributed by atoms with Crippen LogP contribution in [-0.4, -0.2) is 23.3 Å². The van der Waals surface area contributed by atoms with Crippen LogP contribution in [0.25, 0.3) is 0 Å². The molecule has 0 saturated carbocycles. The van der Waals surface area contributed by atoms with E-state index in [1.807, 2.05) is 30.1 Å². The topological polar surface area (TPSA) is 24.9 Å². The van der Waals surface area contributed by atoms with E-state index >= 15 is 0 Å². The highest BCUT2D eigenvalue weighted by Gasteiger charge is 2.00. The van der Waals surface area contributed by atoms with E-state index in [0.29, 0.717) is 6.04 Å². The van der Waals surface area contributed by atoms with Crippen molar-refractivity contribution < 1.29 is 0 Å². The first kappa shape index (κ1) is 14.5. The molecule has 2 nitrogen and oxygen atoms in total. The quantitative estimate of drug-likeness (QED) is 0.535. The zero-order chi connectivity index (χ0) is 12.3. The molecule has 1 heterocycles. The van der Waals surface area contributed by atoms with E-state index in [9.17, 15) is 0 Å². The van der Waals surface area contributed by atoms with Crippen LogP contribution in [0.4, 0.5) is 0 Å². The summed E-state index contributed by atoms with van der Waals surface area (Å²) in [6, 6.07) is 6.75. The lowest BCUT2D eigenvalue weighted by atomic mass is 10.1. The molecule has 0 aliphatic rings. The molecular weight excluding hydrogens is 228 g/mol. The fraction of sp³-hybridized carbons (Fsp3) is 0.643. The number of nitrogens with one attached hydrogen (secondary N) is 1. The fourth-order valence-electron chi connectivity index (χ4n) is 1.65. The molecule has 0 amide bonds. The predicted octanol–water partition coefficient (Wildman–Crippen LogP) is 3.73. The highest BCUT2D eigenvalue weighted by Crippen LogP contribution is 2.16. The number of hydrogen-bond donors (Lipinski definition) is 1. The Morgan fingerprint density at radius 3 is 2.94 bits per heavy atom. The van der Waals surface area contributed by atoms with Gasteiger partial charge in [-0.05, 0) is 50.6 Å². The Bertz CT molecular complexity index is 277. The first-order valence-electron chi connectivity index (χ1n) is 6.60. The van der Waals surface area contributed by atoms with Crippen molar-refractivity contribution in [1.82, 2.24) is 10.3 Å². The van der Waals surface area contributed by atoms with E-state index in [-0.39, 0.29) is 0 Å². The normalized spacial score (nSPS) is 12.6. The molecule has 0 aromatic carbocycles. The molecule has 1 unspecified atom stereocenters. The van der Waals surface area contributed by atoms with Crippen LogP contribution in [0.2, 0.25) is 0 Å². The molecule has 17 heavy (non-hydrogen) atoms. The number of nitrogens with zero attached hydrogens (tertiary/aromatic N) is 1. The van der Waals surface area contributed by atoms with Crippen LogP contribution >= 0.6 is 11.8 Å². The number of thioether (sulfide) groups is 1. The maximum atomic E-state index is 4.30. The van der Waals surface area contributed by atoms with Crippen molar-refractivity contribution in [1.29, 1.82) is 0 Å². The van der Waals surface area contributed by atoms with E-state index in [0.717, 1.165) is 11.6 Å². The predicted molar refractivity (Wildman–Crippen MR) is 76.6 cm³/mol. The minimum absolute atomic E-state index is 0.662. The molecule has 1 atom stereocenters. The third-order valence-electron chi connectivity index (χ3n) is 2.66. The van der Waals surface area contributed by atoms with Crippen molar-refractivity contribution in [3.63, 3.8) is 0 Å². The van der Waals surface area contributed by atoms with E-state index < -0.39 is 0 Å². The third-order valence-corrected chi connectivity index (χ3v) is 3.69. The molecule has 1 aromatic heterocycles. The summed E-state index contributed by atoms with van der Waals surface area (Å²) in [6.45, 7) is 5.63. The molecule has 96 valence electrons. The van der Waals surface area contributed by atoms with Gasteiger partial charge in [-0.1, -0.05) is 19.4 Å². The molecule has 1 N–H and O–H groups in total. The monoisotopic (exact) mass is 252 g/mol. The average Bonchev–Trinajstić information content (AvgIpc) is 2.37. The smallest absolute Gasteiger partial charge is 0.0959 e. The molecule has 3 heteroatoms. The largest absolute Gasteiger partial charge is 0.314 e. The molecule has 0 spiro atoms. The van der Waals surface area contributed by atoms with Crippen LogP contribution in [0, 0.1) is 0 Å². The molecule has 1 aromatic rings. The molecule has 1 rings (SSSR count). The van der Waals surface area contributed by atoms with Gasteiger partial charge in [-0.25, -0.2) is 4.98 Å². The SMILES string of the molecule is CCCNC(C)CCCCSc1ccccn1. The van der Waals surface area contributed by atoms with Gasteiger partial charge < -0.3 is 5.32 Å². The van der Waals surface area contributed by atoms with Crippen molar-refractivity contribution in [2.75, 3.05) is 12.3 Å². The second-order valence-electron chi connectivity index (χ2n) is 4.37. The van der Waals surface area contributed by atoms with E-state index in [2.05, 4.69) is 30.2 Å². The second kappa shape index (κ2) is 9.49. The fourth-order valence-corrected chi connectivity index (χ4v) is 2.52. The van der Waals surface area contributed by atoms with Crippen molar-refractivity contribution in [2.24, 2.45) is 0 Å². The van der Waals surface area contributed by atoms with Crippen LogP contribution in [0.5, 0.6) is 0 Å². The number of rotatable bonds is 9. The Morgan fingerprint density at radius 1 is 1.35 bits per heavy atom. The zero-order valence-corrected chi connectivity index (χ0v) is 11.8. The number of aromatic nitrogens is 1. The Balaban J connectivity index is 1.97. The van der Waals surface area contributed by atoms with E-state index in [4.69, 9.17) is 0 Å². The Morgan fingerprint density at radius 2 is 2.24 bits per heavy atom. The molecule has 0 fully saturated rings. The summed E-state index contributed by atoms with van der Waals surface area (Å²) < 4.78 is 0. The van der Waals surface area contributed by atoms with Gasteiger partial charge in [-0.3, -0.25) is 0 Å². The van der Waals surface area contributed by atoms with Crippen molar-refractivity contribution in [3.05, 3.63) is 24.4 Å². The van der Waals surface area contributed by atoms with Crippen LogP contribution in [-0.2, 0) is 0 Å². The summed E-state index contributed by atoms with van der Waals surface area (Å²) in [5.41, 5.74) is 0. The third kappa shape index (κ3) is 7.40. The van der Waals surface area contributed by atoms with E-state index in [1.165, 1.54) is 31.4 Å². The summed E-state index contributed by atoms with van der Waals surface area (Å²) in [5, 5.41) is 4.66. The molecule has 0 saturated heterocycles. The van der Waals surface area contributed by atoms with E-state index in [1.54, 1.807) is 0 Å². The summed E-state index contributed by atoms with van der Waals surface area (Å²) >= 11 is 1.86. The van der Waals surface area contributed by atoms with Crippen LogP contribution in [0.15, 0.2) is 29.4 Å². The highest BCUT2D eigenvalue weighted by molar-refractivity contribution is 7.99. The number of hydrogen-bond acceptors (Lipinski definition) is 3. The maximum Gasteiger partial charge on any atom is 0.0959 e. The average molecular weight is 252 g/mol. The van der Waals surface area contributed by atoms with Crippen molar-refractivity contribution >= 4 is 11.8 Å².